The largest absolute Gasteiger partial charge is 0.286 e. The molecular weight excluding hydrogens is 457 g/mol. The van der Waals surface area contributed by atoms with Crippen LogP contribution in [-0.4, -0.2) is 36.6 Å². The summed E-state index contributed by atoms with van der Waals surface area (Å²) in [6.45, 7) is 0. The molecule has 0 aliphatic rings. The molecular formula is C22H21ClFN3O4S. The Morgan fingerprint density at radius 3 is 2.56 bits per heavy atom. The van der Waals surface area contributed by atoms with E-state index in [4.69, 9.17) is 16.7 Å². The van der Waals surface area contributed by atoms with Crippen molar-refractivity contribution in [3.63, 3.8) is 0 Å². The van der Waals surface area contributed by atoms with Gasteiger partial charge in [-0.15, -0.1) is 0 Å². The van der Waals surface area contributed by atoms with Crippen molar-refractivity contribution in [2.24, 2.45) is 5.14 Å². The number of aromatic nitrogens is 1. The van der Waals surface area contributed by atoms with Crippen LogP contribution in [0.2, 0.25) is 5.02 Å². The lowest BCUT2D eigenvalue weighted by molar-refractivity contribution is -0.159. The number of amides is 1. The molecule has 0 spiro atoms. The Morgan fingerprint density at radius 2 is 1.91 bits per heavy atom. The van der Waals surface area contributed by atoms with Crippen molar-refractivity contribution < 1.29 is 22.8 Å². The molecule has 1 heterocycles. The number of hydroxylamine groups is 2. The molecule has 0 saturated heterocycles. The fourth-order valence-electron chi connectivity index (χ4n) is 3.27. The fraction of sp³-hybridized carbons (Fsp3) is 0.182. The number of hydrogen-bond donors (Lipinski definition) is 2. The van der Waals surface area contributed by atoms with Crippen molar-refractivity contribution in [3.8, 4) is 22.4 Å². The van der Waals surface area contributed by atoms with Gasteiger partial charge in [0.2, 0.25) is 15.9 Å². The van der Waals surface area contributed by atoms with E-state index in [1.165, 1.54) is 31.3 Å². The van der Waals surface area contributed by atoms with E-state index in [2.05, 4.69) is 4.98 Å². The summed E-state index contributed by atoms with van der Waals surface area (Å²) < 4.78 is 38.1. The molecule has 0 aliphatic carbocycles. The standard InChI is InChI=1S/C22H21ClFN3O4S/c1-27(29)21(28)8-4-5-14-11-17(16-6-2-3-7-20(16)32(25,30)31)22(26-13-14)15-9-10-19(24)18(23)12-15/h2-3,6-7,9-13,29H,4-5,8H2,1H3,(H2,25,30,31). The van der Waals surface area contributed by atoms with Gasteiger partial charge in [0.25, 0.3) is 0 Å². The molecule has 1 aromatic heterocycles. The maximum atomic E-state index is 13.7. The van der Waals surface area contributed by atoms with E-state index in [-0.39, 0.29) is 16.3 Å². The summed E-state index contributed by atoms with van der Waals surface area (Å²) in [7, 11) is -2.78. The van der Waals surface area contributed by atoms with Gasteiger partial charge in [-0.1, -0.05) is 29.8 Å². The van der Waals surface area contributed by atoms with Crippen LogP contribution in [0.5, 0.6) is 0 Å². The first kappa shape index (κ1) is 23.8. The smallest absolute Gasteiger partial charge is 0.245 e. The van der Waals surface area contributed by atoms with Gasteiger partial charge in [0.15, 0.2) is 0 Å². The molecule has 0 bridgehead atoms. The van der Waals surface area contributed by atoms with Crippen LogP contribution in [0.25, 0.3) is 22.4 Å². The van der Waals surface area contributed by atoms with E-state index in [0.717, 1.165) is 5.56 Å². The minimum absolute atomic E-state index is 0.0782. The van der Waals surface area contributed by atoms with Crippen molar-refractivity contribution >= 4 is 27.5 Å². The number of nitrogens with zero attached hydrogens (tertiary/aromatic N) is 2. The predicted octanol–water partition coefficient (Wildman–Crippen LogP) is 4.03. The van der Waals surface area contributed by atoms with E-state index in [1.54, 1.807) is 30.5 Å². The van der Waals surface area contributed by atoms with Crippen LogP contribution >= 0.6 is 11.6 Å². The number of nitrogens with two attached hydrogens (primary N) is 1. The molecule has 0 unspecified atom stereocenters. The molecule has 10 heteroatoms. The Bertz CT molecular complexity index is 1270. The molecule has 1 amide bonds. The Morgan fingerprint density at radius 1 is 1.19 bits per heavy atom. The number of primary sulfonamides is 1. The molecule has 3 aromatic rings. The topological polar surface area (TPSA) is 114 Å². The van der Waals surface area contributed by atoms with Crippen molar-refractivity contribution in [3.05, 3.63) is 71.1 Å². The van der Waals surface area contributed by atoms with E-state index < -0.39 is 21.7 Å². The lowest BCUT2D eigenvalue weighted by Gasteiger charge is -2.15. The van der Waals surface area contributed by atoms with Crippen molar-refractivity contribution in [1.29, 1.82) is 0 Å². The SMILES string of the molecule is CN(O)C(=O)CCCc1cnc(-c2ccc(F)c(Cl)c2)c(-c2ccccc2S(N)(=O)=O)c1. The second-order valence-corrected chi connectivity index (χ2v) is 9.12. The highest BCUT2D eigenvalue weighted by Gasteiger charge is 2.19. The number of benzene rings is 2. The average Bonchev–Trinajstić information content (AvgIpc) is 2.75. The van der Waals surface area contributed by atoms with Gasteiger partial charge in [-0.05, 0) is 48.7 Å². The van der Waals surface area contributed by atoms with Crippen LogP contribution in [0.1, 0.15) is 18.4 Å². The first-order valence-electron chi connectivity index (χ1n) is 9.60. The first-order valence-corrected chi connectivity index (χ1v) is 11.5. The van der Waals surface area contributed by atoms with Crippen LogP contribution in [-0.2, 0) is 21.2 Å². The molecule has 0 aliphatic heterocycles. The van der Waals surface area contributed by atoms with Gasteiger partial charge in [-0.25, -0.2) is 23.0 Å². The minimum atomic E-state index is -4.04. The first-order chi connectivity index (χ1) is 15.1. The van der Waals surface area contributed by atoms with Gasteiger partial charge in [0, 0.05) is 36.4 Å². The Balaban J connectivity index is 2.11. The Kier molecular flexibility index (Phi) is 7.25. The quantitative estimate of drug-likeness (QED) is 0.394. The van der Waals surface area contributed by atoms with Crippen LogP contribution in [0.3, 0.4) is 0 Å². The highest BCUT2D eigenvalue weighted by atomic mass is 35.5. The second-order valence-electron chi connectivity index (χ2n) is 7.18. The molecule has 7 nitrogen and oxygen atoms in total. The summed E-state index contributed by atoms with van der Waals surface area (Å²) in [5, 5.41) is 15.1. The van der Waals surface area contributed by atoms with Gasteiger partial charge < -0.3 is 0 Å². The lowest BCUT2D eigenvalue weighted by Crippen LogP contribution is -2.22. The Hall–Kier alpha value is -2.85. The summed E-state index contributed by atoms with van der Waals surface area (Å²) in [5.41, 5.74) is 2.46. The summed E-state index contributed by atoms with van der Waals surface area (Å²) in [6.07, 6.45) is 2.64. The molecule has 3 N–H and O–H groups in total. The number of pyridine rings is 1. The van der Waals surface area contributed by atoms with Crippen LogP contribution < -0.4 is 5.14 Å². The molecule has 32 heavy (non-hydrogen) atoms. The van der Waals surface area contributed by atoms with Gasteiger partial charge >= 0.3 is 0 Å². The molecule has 3 rings (SSSR count). The summed E-state index contributed by atoms with van der Waals surface area (Å²) in [5.74, 6) is -1.01. The average molecular weight is 478 g/mol. The third-order valence-electron chi connectivity index (χ3n) is 4.84. The van der Waals surface area contributed by atoms with E-state index >= 15 is 0 Å². The normalized spacial score (nSPS) is 11.4. The number of carbonyl (C=O) groups is 1. The number of hydrogen-bond acceptors (Lipinski definition) is 5. The third-order valence-corrected chi connectivity index (χ3v) is 6.10. The number of halogens is 2. The molecule has 0 saturated carbocycles. The highest BCUT2D eigenvalue weighted by molar-refractivity contribution is 7.89. The maximum absolute atomic E-state index is 13.7. The van der Waals surface area contributed by atoms with E-state index in [9.17, 15) is 22.8 Å². The molecule has 2 aromatic carbocycles. The zero-order valence-electron chi connectivity index (χ0n) is 17.1. The van der Waals surface area contributed by atoms with E-state index in [0.29, 0.717) is 40.3 Å². The van der Waals surface area contributed by atoms with Gasteiger partial charge in [-0.2, -0.15) is 0 Å². The van der Waals surface area contributed by atoms with Gasteiger partial charge in [-0.3, -0.25) is 15.0 Å². The molecule has 168 valence electrons. The Labute approximate surface area is 190 Å². The number of sulfonamides is 1. The van der Waals surface area contributed by atoms with Crippen LogP contribution in [0.4, 0.5) is 4.39 Å². The fourth-order valence-corrected chi connectivity index (χ4v) is 4.20. The molecule has 0 atom stereocenters. The van der Waals surface area contributed by atoms with Crippen LogP contribution in [0, 0.1) is 5.82 Å². The van der Waals surface area contributed by atoms with Gasteiger partial charge in [0.1, 0.15) is 5.82 Å². The third kappa shape index (κ3) is 5.49. The summed E-state index contributed by atoms with van der Waals surface area (Å²) >= 11 is 5.95. The monoisotopic (exact) mass is 477 g/mol. The maximum Gasteiger partial charge on any atom is 0.245 e. The second kappa shape index (κ2) is 9.74. The highest BCUT2D eigenvalue weighted by Crippen LogP contribution is 2.36. The van der Waals surface area contributed by atoms with Crippen LogP contribution in [0.15, 0.2) is 59.6 Å². The number of rotatable bonds is 7. The zero-order chi connectivity index (χ0) is 23.5. The number of aryl methyl sites for hydroxylation is 1. The zero-order valence-corrected chi connectivity index (χ0v) is 18.7. The molecule has 0 radical (unpaired) electrons. The summed E-state index contributed by atoms with van der Waals surface area (Å²) in [4.78, 5) is 16.0. The van der Waals surface area contributed by atoms with E-state index in [1.807, 2.05) is 0 Å². The van der Waals surface area contributed by atoms with Crippen molar-refractivity contribution in [2.75, 3.05) is 7.05 Å². The van der Waals surface area contributed by atoms with Crippen molar-refractivity contribution in [1.82, 2.24) is 10.0 Å². The lowest BCUT2D eigenvalue weighted by atomic mass is 9.96. The minimum Gasteiger partial charge on any atom is -0.286 e. The predicted molar refractivity (Wildman–Crippen MR) is 119 cm³/mol. The number of carbonyl (C=O) groups excluding carboxylic acids is 1. The van der Waals surface area contributed by atoms with Crippen molar-refractivity contribution in [2.45, 2.75) is 24.2 Å². The summed E-state index contributed by atoms with van der Waals surface area (Å²) in [6, 6.07) is 12.1. The molecule has 0 fully saturated rings. The van der Waals surface area contributed by atoms with Gasteiger partial charge in [0.05, 0.1) is 15.6 Å².